The van der Waals surface area contributed by atoms with E-state index in [2.05, 4.69) is 102 Å². The Morgan fingerprint density at radius 3 is 1.13 bits per heavy atom. The Labute approximate surface area is 142 Å². The van der Waals surface area contributed by atoms with E-state index in [1.165, 1.54) is 22.5 Å². The van der Waals surface area contributed by atoms with E-state index >= 15 is 0 Å². The number of nitrogens with zero attached hydrogens (tertiary/aromatic N) is 1. The number of hydrogen-bond donors (Lipinski definition) is 0. The van der Waals surface area contributed by atoms with Gasteiger partial charge in [0.1, 0.15) is 0 Å². The van der Waals surface area contributed by atoms with Crippen LogP contribution in [0.3, 0.4) is 0 Å². The van der Waals surface area contributed by atoms with Crippen LogP contribution in [-0.4, -0.2) is 6.54 Å². The smallest absolute Gasteiger partial charge is 0.0410 e. The van der Waals surface area contributed by atoms with Gasteiger partial charge in [-0.2, -0.15) is 0 Å². The number of rotatable bonds is 3. The molecule has 0 radical (unpaired) electrons. The Bertz CT molecular complexity index is 564. The molecule has 0 fully saturated rings. The SMILES string of the molecule is CCN(c1ccc(C(C)(C)C)cc1)c1ccc(C(C)(C)C)cc1. The molecule has 0 aliphatic carbocycles. The van der Waals surface area contributed by atoms with Crippen LogP contribution in [0.25, 0.3) is 0 Å². The zero-order valence-electron chi connectivity index (χ0n) is 15.8. The largest absolute Gasteiger partial charge is 0.342 e. The fourth-order valence-electron chi connectivity index (χ4n) is 2.80. The Kier molecular flexibility index (Phi) is 4.89. The Balaban J connectivity index is 2.29. The van der Waals surface area contributed by atoms with Crippen molar-refractivity contribution in [1.82, 2.24) is 0 Å². The molecule has 1 nitrogen and oxygen atoms in total. The first-order valence-corrected chi connectivity index (χ1v) is 8.61. The van der Waals surface area contributed by atoms with Gasteiger partial charge in [-0.25, -0.2) is 0 Å². The van der Waals surface area contributed by atoms with E-state index in [0.717, 1.165) is 6.54 Å². The second-order valence-corrected chi connectivity index (χ2v) is 8.34. The summed E-state index contributed by atoms with van der Waals surface area (Å²) in [7, 11) is 0. The summed E-state index contributed by atoms with van der Waals surface area (Å²) in [5.74, 6) is 0. The van der Waals surface area contributed by atoms with Gasteiger partial charge in [0.15, 0.2) is 0 Å². The molecule has 2 aromatic rings. The first kappa shape index (κ1) is 17.6. The zero-order valence-corrected chi connectivity index (χ0v) is 15.8. The second-order valence-electron chi connectivity index (χ2n) is 8.34. The first-order valence-electron chi connectivity index (χ1n) is 8.61. The molecule has 0 saturated carbocycles. The molecule has 0 spiro atoms. The maximum atomic E-state index is 2.36. The van der Waals surface area contributed by atoms with E-state index in [9.17, 15) is 0 Å². The van der Waals surface area contributed by atoms with Crippen LogP contribution in [0.5, 0.6) is 0 Å². The lowest BCUT2D eigenvalue weighted by molar-refractivity contribution is 0.590. The van der Waals surface area contributed by atoms with E-state index in [0.29, 0.717) is 0 Å². The molecular formula is C22H31N. The Hall–Kier alpha value is -1.76. The van der Waals surface area contributed by atoms with Gasteiger partial charge in [-0.3, -0.25) is 0 Å². The quantitative estimate of drug-likeness (QED) is 0.630. The van der Waals surface area contributed by atoms with Gasteiger partial charge in [0.25, 0.3) is 0 Å². The van der Waals surface area contributed by atoms with Crippen molar-refractivity contribution in [1.29, 1.82) is 0 Å². The van der Waals surface area contributed by atoms with E-state index in [-0.39, 0.29) is 10.8 Å². The maximum Gasteiger partial charge on any atom is 0.0410 e. The van der Waals surface area contributed by atoms with Crippen LogP contribution in [0.1, 0.15) is 59.6 Å². The summed E-state index contributed by atoms with van der Waals surface area (Å²) in [4.78, 5) is 2.36. The summed E-state index contributed by atoms with van der Waals surface area (Å²) < 4.78 is 0. The van der Waals surface area contributed by atoms with Crippen molar-refractivity contribution >= 4 is 11.4 Å². The molecule has 23 heavy (non-hydrogen) atoms. The lowest BCUT2D eigenvalue weighted by Crippen LogP contribution is -2.17. The van der Waals surface area contributed by atoms with Crippen molar-refractivity contribution in [2.75, 3.05) is 11.4 Å². The predicted octanol–water partition coefficient (Wildman–Crippen LogP) is 6.44. The third-order valence-electron chi connectivity index (χ3n) is 4.41. The molecule has 0 N–H and O–H groups in total. The lowest BCUT2D eigenvalue weighted by atomic mass is 9.87. The van der Waals surface area contributed by atoms with Crippen LogP contribution in [0.4, 0.5) is 11.4 Å². The number of benzene rings is 2. The molecule has 0 amide bonds. The highest BCUT2D eigenvalue weighted by molar-refractivity contribution is 5.64. The van der Waals surface area contributed by atoms with Crippen molar-refractivity contribution in [3.63, 3.8) is 0 Å². The van der Waals surface area contributed by atoms with Crippen molar-refractivity contribution in [2.24, 2.45) is 0 Å². The molecular weight excluding hydrogens is 278 g/mol. The Morgan fingerprint density at radius 1 is 0.609 bits per heavy atom. The molecule has 2 rings (SSSR count). The normalized spacial score (nSPS) is 12.3. The van der Waals surface area contributed by atoms with Gasteiger partial charge in [0.05, 0.1) is 0 Å². The highest BCUT2D eigenvalue weighted by Gasteiger charge is 2.16. The fourth-order valence-corrected chi connectivity index (χ4v) is 2.80. The van der Waals surface area contributed by atoms with Crippen LogP contribution in [0, 0.1) is 0 Å². The van der Waals surface area contributed by atoms with Gasteiger partial charge in [0, 0.05) is 17.9 Å². The van der Waals surface area contributed by atoms with Crippen LogP contribution in [0.2, 0.25) is 0 Å². The van der Waals surface area contributed by atoms with Gasteiger partial charge in [-0.15, -0.1) is 0 Å². The van der Waals surface area contributed by atoms with E-state index in [4.69, 9.17) is 0 Å². The monoisotopic (exact) mass is 309 g/mol. The first-order chi connectivity index (χ1) is 10.6. The van der Waals surface area contributed by atoms with Gasteiger partial charge in [0.2, 0.25) is 0 Å². The van der Waals surface area contributed by atoms with Crippen LogP contribution < -0.4 is 4.90 Å². The second kappa shape index (κ2) is 6.39. The minimum absolute atomic E-state index is 0.198. The highest BCUT2D eigenvalue weighted by Crippen LogP contribution is 2.30. The summed E-state index contributed by atoms with van der Waals surface area (Å²) in [6.07, 6.45) is 0. The predicted molar refractivity (Wildman–Crippen MR) is 103 cm³/mol. The van der Waals surface area contributed by atoms with Gasteiger partial charge in [-0.05, 0) is 53.1 Å². The number of anilines is 2. The molecule has 0 atom stereocenters. The fraction of sp³-hybridized carbons (Fsp3) is 0.455. The maximum absolute atomic E-state index is 2.36. The van der Waals surface area contributed by atoms with Crippen LogP contribution >= 0.6 is 0 Å². The van der Waals surface area contributed by atoms with Gasteiger partial charge in [-0.1, -0.05) is 65.8 Å². The summed E-state index contributed by atoms with van der Waals surface area (Å²) in [5.41, 5.74) is 5.65. The van der Waals surface area contributed by atoms with Crippen molar-refractivity contribution in [3.8, 4) is 0 Å². The lowest BCUT2D eigenvalue weighted by Gasteiger charge is -2.26. The topological polar surface area (TPSA) is 3.24 Å². The molecule has 0 bridgehead atoms. The summed E-state index contributed by atoms with van der Waals surface area (Å²) >= 11 is 0. The molecule has 0 aliphatic heterocycles. The summed E-state index contributed by atoms with van der Waals surface area (Å²) in [6, 6.07) is 18.0. The van der Waals surface area contributed by atoms with Gasteiger partial charge >= 0.3 is 0 Å². The standard InChI is InChI=1S/C22H31N/c1-8-23(19-13-9-17(10-14-19)21(2,3)4)20-15-11-18(12-16-20)22(5,6)7/h9-16H,8H2,1-7H3. The van der Waals surface area contributed by atoms with Gasteiger partial charge < -0.3 is 4.90 Å². The van der Waals surface area contributed by atoms with Crippen molar-refractivity contribution in [3.05, 3.63) is 59.7 Å². The minimum Gasteiger partial charge on any atom is -0.342 e. The molecule has 0 unspecified atom stereocenters. The zero-order chi connectivity index (χ0) is 17.3. The third-order valence-corrected chi connectivity index (χ3v) is 4.41. The summed E-state index contributed by atoms with van der Waals surface area (Å²) in [6.45, 7) is 16.7. The van der Waals surface area contributed by atoms with Crippen molar-refractivity contribution < 1.29 is 0 Å². The minimum atomic E-state index is 0.198. The molecule has 124 valence electrons. The van der Waals surface area contributed by atoms with E-state index < -0.39 is 0 Å². The molecule has 0 saturated heterocycles. The number of hydrogen-bond acceptors (Lipinski definition) is 1. The van der Waals surface area contributed by atoms with E-state index in [1.807, 2.05) is 0 Å². The van der Waals surface area contributed by atoms with Crippen LogP contribution in [0.15, 0.2) is 48.5 Å². The molecule has 2 aromatic carbocycles. The molecule has 0 aliphatic rings. The molecule has 0 aromatic heterocycles. The van der Waals surface area contributed by atoms with E-state index in [1.54, 1.807) is 0 Å². The average Bonchev–Trinajstić information content (AvgIpc) is 2.47. The third kappa shape index (κ3) is 4.16. The highest BCUT2D eigenvalue weighted by atomic mass is 15.1. The molecule has 0 heterocycles. The van der Waals surface area contributed by atoms with Crippen molar-refractivity contribution in [2.45, 2.75) is 59.3 Å². The summed E-state index contributed by atoms with van der Waals surface area (Å²) in [5, 5.41) is 0. The molecule has 1 heteroatoms. The van der Waals surface area contributed by atoms with Crippen LogP contribution in [-0.2, 0) is 10.8 Å². The Morgan fingerprint density at radius 2 is 0.913 bits per heavy atom. The average molecular weight is 309 g/mol.